The van der Waals surface area contributed by atoms with Crippen LogP contribution in [0, 0.1) is 0 Å². The van der Waals surface area contributed by atoms with E-state index >= 15 is 0 Å². The van der Waals surface area contributed by atoms with Gasteiger partial charge >= 0.3 is 5.97 Å². The SMILES string of the molecule is C=C(COC(C)(C)C)C(=O)O. The summed E-state index contributed by atoms with van der Waals surface area (Å²) in [6, 6.07) is 0. The number of hydrogen-bond acceptors (Lipinski definition) is 2. The van der Waals surface area contributed by atoms with E-state index < -0.39 is 5.97 Å². The number of carbonyl (C=O) groups is 1. The molecule has 64 valence electrons. The molecule has 0 rings (SSSR count). The molecule has 0 heterocycles. The summed E-state index contributed by atoms with van der Waals surface area (Å²) in [4.78, 5) is 10.2. The molecule has 0 radical (unpaired) electrons. The highest BCUT2D eigenvalue weighted by Gasteiger charge is 2.12. The third-order valence-electron chi connectivity index (χ3n) is 0.982. The first-order valence-corrected chi connectivity index (χ1v) is 3.38. The first kappa shape index (κ1) is 10.2. The summed E-state index contributed by atoms with van der Waals surface area (Å²) >= 11 is 0. The standard InChI is InChI=1S/C8H14O3/c1-6(7(9)10)5-11-8(2,3)4/h1,5H2,2-4H3,(H,9,10). The molecule has 3 nitrogen and oxygen atoms in total. The van der Waals surface area contributed by atoms with Gasteiger partial charge in [-0.05, 0) is 20.8 Å². The van der Waals surface area contributed by atoms with Crippen molar-refractivity contribution in [3.63, 3.8) is 0 Å². The van der Waals surface area contributed by atoms with Crippen molar-refractivity contribution in [3.05, 3.63) is 12.2 Å². The van der Waals surface area contributed by atoms with E-state index in [2.05, 4.69) is 6.58 Å². The van der Waals surface area contributed by atoms with Gasteiger partial charge in [0, 0.05) is 0 Å². The fourth-order valence-electron chi connectivity index (χ4n) is 0.365. The van der Waals surface area contributed by atoms with E-state index in [-0.39, 0.29) is 17.8 Å². The number of ether oxygens (including phenoxy) is 1. The molecule has 0 saturated heterocycles. The van der Waals surface area contributed by atoms with Crippen molar-refractivity contribution in [2.24, 2.45) is 0 Å². The van der Waals surface area contributed by atoms with Gasteiger partial charge in [-0.2, -0.15) is 0 Å². The van der Waals surface area contributed by atoms with Gasteiger partial charge in [-0.1, -0.05) is 6.58 Å². The molecule has 0 aromatic rings. The number of hydrogen-bond donors (Lipinski definition) is 1. The van der Waals surface area contributed by atoms with Crippen molar-refractivity contribution in [1.82, 2.24) is 0 Å². The Morgan fingerprint density at radius 1 is 1.55 bits per heavy atom. The Morgan fingerprint density at radius 2 is 2.00 bits per heavy atom. The predicted molar refractivity (Wildman–Crippen MR) is 42.5 cm³/mol. The van der Waals surface area contributed by atoms with Crippen LogP contribution < -0.4 is 0 Å². The van der Waals surface area contributed by atoms with Crippen LogP contribution in [0.15, 0.2) is 12.2 Å². The Morgan fingerprint density at radius 3 is 2.27 bits per heavy atom. The van der Waals surface area contributed by atoms with Crippen molar-refractivity contribution in [1.29, 1.82) is 0 Å². The van der Waals surface area contributed by atoms with Gasteiger partial charge in [0.25, 0.3) is 0 Å². The van der Waals surface area contributed by atoms with Crippen LogP contribution in [0.25, 0.3) is 0 Å². The first-order chi connectivity index (χ1) is 4.83. The smallest absolute Gasteiger partial charge is 0.333 e. The maximum atomic E-state index is 10.2. The van der Waals surface area contributed by atoms with E-state index in [0.29, 0.717) is 0 Å². The zero-order valence-electron chi connectivity index (χ0n) is 7.18. The molecule has 0 aliphatic carbocycles. The quantitative estimate of drug-likeness (QED) is 0.632. The topological polar surface area (TPSA) is 46.5 Å². The molecule has 0 unspecified atom stereocenters. The lowest BCUT2D eigenvalue weighted by molar-refractivity contribution is -0.133. The second kappa shape index (κ2) is 3.53. The summed E-state index contributed by atoms with van der Waals surface area (Å²) in [6.45, 7) is 9.00. The van der Waals surface area contributed by atoms with E-state index in [4.69, 9.17) is 9.84 Å². The monoisotopic (exact) mass is 158 g/mol. The largest absolute Gasteiger partial charge is 0.478 e. The van der Waals surface area contributed by atoms with E-state index in [9.17, 15) is 4.79 Å². The summed E-state index contributed by atoms with van der Waals surface area (Å²) in [7, 11) is 0. The van der Waals surface area contributed by atoms with Gasteiger partial charge < -0.3 is 9.84 Å². The van der Waals surface area contributed by atoms with Gasteiger partial charge in [-0.3, -0.25) is 0 Å². The predicted octanol–water partition coefficient (Wildman–Crippen LogP) is 1.44. The molecule has 0 spiro atoms. The Hall–Kier alpha value is -0.830. The molecule has 1 N–H and O–H groups in total. The van der Waals surface area contributed by atoms with E-state index in [0.717, 1.165) is 0 Å². The number of aliphatic carboxylic acids is 1. The van der Waals surface area contributed by atoms with Crippen LogP contribution in [-0.2, 0) is 9.53 Å². The minimum atomic E-state index is -1.01. The van der Waals surface area contributed by atoms with Gasteiger partial charge in [0.1, 0.15) is 0 Å². The molecule has 0 fully saturated rings. The maximum absolute atomic E-state index is 10.2. The number of carboxylic acids is 1. The third kappa shape index (κ3) is 5.61. The lowest BCUT2D eigenvalue weighted by Crippen LogP contribution is -2.22. The van der Waals surface area contributed by atoms with Crippen molar-refractivity contribution in [3.8, 4) is 0 Å². The normalized spacial score (nSPS) is 11.2. The second-order valence-electron chi connectivity index (χ2n) is 3.31. The molecular formula is C8H14O3. The average Bonchev–Trinajstić information content (AvgIpc) is 1.80. The minimum absolute atomic E-state index is 0.0822. The molecule has 0 bridgehead atoms. The van der Waals surface area contributed by atoms with Crippen LogP contribution in [0.4, 0.5) is 0 Å². The fraction of sp³-hybridized carbons (Fsp3) is 0.625. The number of carboxylic acid groups (broad SMARTS) is 1. The summed E-state index contributed by atoms with van der Waals surface area (Å²) in [5, 5.41) is 8.40. The highest BCUT2D eigenvalue weighted by molar-refractivity contribution is 5.85. The molecule has 0 atom stereocenters. The molecule has 0 aromatic heterocycles. The van der Waals surface area contributed by atoms with Crippen molar-refractivity contribution in [2.45, 2.75) is 26.4 Å². The van der Waals surface area contributed by atoms with E-state index in [1.807, 2.05) is 20.8 Å². The van der Waals surface area contributed by atoms with Crippen molar-refractivity contribution < 1.29 is 14.6 Å². The summed E-state index contributed by atoms with van der Waals surface area (Å²) in [5.74, 6) is -1.01. The summed E-state index contributed by atoms with van der Waals surface area (Å²) in [5.41, 5.74) is -0.224. The Kier molecular flexibility index (Phi) is 3.26. The third-order valence-corrected chi connectivity index (χ3v) is 0.982. The molecule has 11 heavy (non-hydrogen) atoms. The van der Waals surface area contributed by atoms with E-state index in [1.54, 1.807) is 0 Å². The lowest BCUT2D eigenvalue weighted by Gasteiger charge is -2.19. The summed E-state index contributed by atoms with van der Waals surface area (Å²) in [6.07, 6.45) is 0. The second-order valence-corrected chi connectivity index (χ2v) is 3.31. The van der Waals surface area contributed by atoms with Gasteiger partial charge in [0.15, 0.2) is 0 Å². The van der Waals surface area contributed by atoms with Gasteiger partial charge in [-0.15, -0.1) is 0 Å². The first-order valence-electron chi connectivity index (χ1n) is 3.38. The van der Waals surface area contributed by atoms with Crippen LogP contribution >= 0.6 is 0 Å². The highest BCUT2D eigenvalue weighted by Crippen LogP contribution is 2.08. The molecule has 0 amide bonds. The van der Waals surface area contributed by atoms with E-state index in [1.165, 1.54) is 0 Å². The van der Waals surface area contributed by atoms with Crippen LogP contribution in [-0.4, -0.2) is 23.3 Å². The highest BCUT2D eigenvalue weighted by atomic mass is 16.5. The molecule has 0 aliphatic rings. The van der Waals surface area contributed by atoms with Gasteiger partial charge in [-0.25, -0.2) is 4.79 Å². The molecule has 0 aromatic carbocycles. The Labute approximate surface area is 66.7 Å². The number of rotatable bonds is 3. The zero-order valence-corrected chi connectivity index (χ0v) is 7.18. The van der Waals surface area contributed by atoms with Crippen LogP contribution in [0.2, 0.25) is 0 Å². The van der Waals surface area contributed by atoms with Gasteiger partial charge in [0.2, 0.25) is 0 Å². The van der Waals surface area contributed by atoms with Crippen LogP contribution in [0.5, 0.6) is 0 Å². The van der Waals surface area contributed by atoms with Crippen molar-refractivity contribution in [2.75, 3.05) is 6.61 Å². The maximum Gasteiger partial charge on any atom is 0.333 e. The van der Waals surface area contributed by atoms with Gasteiger partial charge in [0.05, 0.1) is 17.8 Å². The molecule has 0 aliphatic heterocycles. The van der Waals surface area contributed by atoms with Crippen LogP contribution in [0.1, 0.15) is 20.8 Å². The molecule has 3 heteroatoms. The van der Waals surface area contributed by atoms with Crippen LogP contribution in [0.3, 0.4) is 0 Å². The zero-order chi connectivity index (χ0) is 9.07. The summed E-state index contributed by atoms with van der Waals surface area (Å²) < 4.78 is 5.17. The molecular weight excluding hydrogens is 144 g/mol. The fourth-order valence-corrected chi connectivity index (χ4v) is 0.365. The van der Waals surface area contributed by atoms with Crippen molar-refractivity contribution >= 4 is 5.97 Å². The molecule has 0 saturated carbocycles. The average molecular weight is 158 g/mol. The lowest BCUT2D eigenvalue weighted by atomic mass is 10.2. The Balaban J connectivity index is 3.73. The minimum Gasteiger partial charge on any atom is -0.478 e. The Bertz CT molecular complexity index is 165.